The minimum atomic E-state index is -1.46. The van der Waals surface area contributed by atoms with Gasteiger partial charge in [-0.05, 0) is 39.0 Å². The quantitative estimate of drug-likeness (QED) is 0.0577. The molecule has 0 saturated carbocycles. The molecule has 4 N–H and O–H groups in total. The van der Waals surface area contributed by atoms with Gasteiger partial charge in [-0.2, -0.15) is 0 Å². The highest BCUT2D eigenvalue weighted by Gasteiger charge is 2.50. The predicted molar refractivity (Wildman–Crippen MR) is 181 cm³/mol. The van der Waals surface area contributed by atoms with Gasteiger partial charge in [-0.1, -0.05) is 97.3 Å². The Hall–Kier alpha value is -0.650. The maximum absolute atomic E-state index is 15.2. The molecule has 45 heavy (non-hydrogen) atoms. The van der Waals surface area contributed by atoms with E-state index in [1.807, 2.05) is 6.92 Å². The first-order valence-corrected chi connectivity index (χ1v) is 19.4. The van der Waals surface area contributed by atoms with Crippen molar-refractivity contribution in [2.45, 2.75) is 189 Å². The first-order valence-electron chi connectivity index (χ1n) is 17.7. The number of esters is 1. The van der Waals surface area contributed by atoms with Crippen LogP contribution in [0.5, 0.6) is 0 Å². The molecular weight excluding hydrogens is 619 g/mol. The SMILES string of the molecule is CCCCCCCCCCCCCCCC(=O)O[C@@H]1[C@@H](O)[C@@H](O)[C@@H]([C@H](NC(=O)[C@@H]2CC(F)(CCC)CCN2)[C@H](C)Cl)O[C@@H]1SC. The molecule has 0 aromatic rings. The second-order valence-corrected chi connectivity index (χ2v) is 14.8. The lowest BCUT2D eigenvalue weighted by Gasteiger charge is -2.45. The zero-order valence-corrected chi connectivity index (χ0v) is 29.8. The van der Waals surface area contributed by atoms with Crippen molar-refractivity contribution in [1.82, 2.24) is 10.6 Å². The monoisotopic (exact) mass is 680 g/mol. The molecule has 2 aliphatic heterocycles. The summed E-state index contributed by atoms with van der Waals surface area (Å²) in [6.07, 6.45) is 14.2. The van der Waals surface area contributed by atoms with E-state index in [0.29, 0.717) is 32.2 Å². The number of thioether (sulfide) groups is 1. The fraction of sp³-hybridized carbons (Fsp3) is 0.941. The summed E-state index contributed by atoms with van der Waals surface area (Å²) in [5.41, 5.74) is -2.18. The summed E-state index contributed by atoms with van der Waals surface area (Å²) in [5, 5.41) is 27.4. The molecule has 0 bridgehead atoms. The molecule has 11 heteroatoms. The average molecular weight is 681 g/mol. The van der Waals surface area contributed by atoms with Crippen LogP contribution in [0.25, 0.3) is 0 Å². The van der Waals surface area contributed by atoms with Crippen LogP contribution in [0.1, 0.15) is 136 Å². The van der Waals surface area contributed by atoms with Crippen molar-refractivity contribution >= 4 is 35.2 Å². The fourth-order valence-electron chi connectivity index (χ4n) is 6.57. The first kappa shape index (κ1) is 40.5. The van der Waals surface area contributed by atoms with Crippen LogP contribution in [0.2, 0.25) is 0 Å². The standard InChI is InChI=1S/C34H62ClFN2O6S/c1-5-7-8-9-10-11-12-13-14-15-16-17-18-19-26(39)43-31-29(41)28(40)30(44-33(31)45-4)27(24(3)35)38-32(42)25-23-34(36,20-6-2)21-22-37-25/h24-25,27-31,33,37,40-41H,5-23H2,1-4H3,(H,38,42)/t24-,25-,27+,28+,29-,30+,31+,33+,34?/m0/s1. The Labute approximate surface area is 281 Å². The van der Waals surface area contributed by atoms with Crippen LogP contribution >= 0.6 is 23.4 Å². The third kappa shape index (κ3) is 14.2. The number of aliphatic hydroxyl groups is 2. The number of nitrogens with one attached hydrogen (secondary N) is 2. The van der Waals surface area contributed by atoms with Crippen molar-refractivity contribution in [2.24, 2.45) is 0 Å². The van der Waals surface area contributed by atoms with Crippen LogP contribution in [-0.2, 0) is 19.1 Å². The zero-order chi connectivity index (χ0) is 33.2. The first-order chi connectivity index (χ1) is 21.6. The van der Waals surface area contributed by atoms with Gasteiger partial charge in [0.15, 0.2) is 6.10 Å². The molecule has 0 aliphatic carbocycles. The van der Waals surface area contributed by atoms with E-state index < -0.39 is 64.9 Å². The molecule has 0 radical (unpaired) electrons. The number of unbranched alkanes of at least 4 members (excludes halogenated alkanes) is 12. The van der Waals surface area contributed by atoms with E-state index in [-0.39, 0.29) is 12.8 Å². The summed E-state index contributed by atoms with van der Waals surface area (Å²) >= 11 is 7.71. The summed E-state index contributed by atoms with van der Waals surface area (Å²) in [7, 11) is 0. The van der Waals surface area contributed by atoms with E-state index in [2.05, 4.69) is 17.6 Å². The van der Waals surface area contributed by atoms with Crippen molar-refractivity contribution in [2.75, 3.05) is 12.8 Å². The maximum Gasteiger partial charge on any atom is 0.306 e. The van der Waals surface area contributed by atoms with Gasteiger partial charge in [0.1, 0.15) is 29.4 Å². The van der Waals surface area contributed by atoms with Crippen LogP contribution in [0.4, 0.5) is 4.39 Å². The molecule has 8 nitrogen and oxygen atoms in total. The van der Waals surface area contributed by atoms with E-state index in [0.717, 1.165) is 12.8 Å². The third-order valence-corrected chi connectivity index (χ3v) is 10.4. The van der Waals surface area contributed by atoms with Crippen LogP contribution in [0.15, 0.2) is 0 Å². The summed E-state index contributed by atoms with van der Waals surface area (Å²) in [6.45, 7) is 6.21. The number of aliphatic hydroxyl groups excluding tert-OH is 2. The summed E-state index contributed by atoms with van der Waals surface area (Å²) in [5.74, 6) is -0.862. The number of hydrogen-bond donors (Lipinski definition) is 4. The predicted octanol–water partition coefficient (Wildman–Crippen LogP) is 6.56. The third-order valence-electron chi connectivity index (χ3n) is 9.27. The van der Waals surface area contributed by atoms with Gasteiger partial charge in [0.05, 0.1) is 17.5 Å². The van der Waals surface area contributed by atoms with E-state index in [9.17, 15) is 19.8 Å². The highest BCUT2D eigenvalue weighted by Crippen LogP contribution is 2.34. The lowest BCUT2D eigenvalue weighted by atomic mass is 9.85. The molecule has 2 rings (SSSR count). The Morgan fingerprint density at radius 2 is 1.58 bits per heavy atom. The van der Waals surface area contributed by atoms with Crippen molar-refractivity contribution in [3.63, 3.8) is 0 Å². The maximum atomic E-state index is 15.2. The van der Waals surface area contributed by atoms with Crippen LogP contribution in [0.3, 0.4) is 0 Å². The number of alkyl halides is 2. The van der Waals surface area contributed by atoms with Crippen LogP contribution in [0, 0.1) is 0 Å². The van der Waals surface area contributed by atoms with Gasteiger partial charge in [0, 0.05) is 12.8 Å². The molecule has 0 spiro atoms. The van der Waals surface area contributed by atoms with E-state index in [1.165, 1.54) is 76.0 Å². The zero-order valence-electron chi connectivity index (χ0n) is 28.2. The molecule has 9 atom stereocenters. The highest BCUT2D eigenvalue weighted by molar-refractivity contribution is 7.99. The lowest BCUT2D eigenvalue weighted by molar-refractivity contribution is -0.218. The van der Waals surface area contributed by atoms with Gasteiger partial charge in [-0.25, -0.2) is 4.39 Å². The number of ether oxygens (including phenoxy) is 2. The van der Waals surface area contributed by atoms with E-state index in [4.69, 9.17) is 21.1 Å². The summed E-state index contributed by atoms with van der Waals surface area (Å²) < 4.78 is 27.0. The smallest absolute Gasteiger partial charge is 0.306 e. The second-order valence-electron chi connectivity index (χ2n) is 13.2. The molecule has 1 unspecified atom stereocenters. The average Bonchev–Trinajstić information content (AvgIpc) is 3.00. The normalized spacial score (nSPS) is 30.0. The summed E-state index contributed by atoms with van der Waals surface area (Å²) in [6, 6.07) is -1.61. The molecule has 2 saturated heterocycles. The van der Waals surface area contributed by atoms with Crippen molar-refractivity contribution < 1.29 is 33.7 Å². The molecule has 0 aromatic heterocycles. The number of carbonyl (C=O) groups excluding carboxylic acids is 2. The molecule has 264 valence electrons. The molecule has 2 fully saturated rings. The Balaban J connectivity index is 1.78. The topological polar surface area (TPSA) is 117 Å². The molecular formula is C34H62ClFN2O6S. The van der Waals surface area contributed by atoms with E-state index >= 15 is 4.39 Å². The van der Waals surface area contributed by atoms with Crippen LogP contribution < -0.4 is 10.6 Å². The Morgan fingerprint density at radius 3 is 2.11 bits per heavy atom. The van der Waals surface area contributed by atoms with Crippen molar-refractivity contribution in [1.29, 1.82) is 0 Å². The van der Waals surface area contributed by atoms with Gasteiger partial charge in [-0.15, -0.1) is 23.4 Å². The Kier molecular flexibility index (Phi) is 19.9. The number of rotatable bonds is 22. The molecule has 0 aromatic carbocycles. The van der Waals surface area contributed by atoms with Gasteiger partial charge in [0.25, 0.3) is 0 Å². The van der Waals surface area contributed by atoms with Crippen LogP contribution in [-0.4, -0.2) is 87.9 Å². The highest BCUT2D eigenvalue weighted by atomic mass is 35.5. The number of piperidine rings is 1. The number of amides is 1. The molecule has 2 aliphatic rings. The Morgan fingerprint density at radius 1 is 1.00 bits per heavy atom. The Bertz CT molecular complexity index is 839. The summed E-state index contributed by atoms with van der Waals surface area (Å²) in [4.78, 5) is 25.9. The molecule has 1 amide bonds. The number of carbonyl (C=O) groups is 2. The van der Waals surface area contributed by atoms with E-state index in [1.54, 1.807) is 13.2 Å². The van der Waals surface area contributed by atoms with Gasteiger partial charge >= 0.3 is 5.97 Å². The van der Waals surface area contributed by atoms with Gasteiger partial charge in [-0.3, -0.25) is 9.59 Å². The van der Waals surface area contributed by atoms with Gasteiger partial charge in [0.2, 0.25) is 5.91 Å². The fourth-order valence-corrected chi connectivity index (χ4v) is 7.50. The largest absolute Gasteiger partial charge is 0.456 e. The van der Waals surface area contributed by atoms with Gasteiger partial charge < -0.3 is 30.3 Å². The second kappa shape index (κ2) is 22.1. The van der Waals surface area contributed by atoms with Crippen molar-refractivity contribution in [3.8, 4) is 0 Å². The lowest BCUT2D eigenvalue weighted by Crippen LogP contribution is -2.66. The van der Waals surface area contributed by atoms with Crippen molar-refractivity contribution in [3.05, 3.63) is 0 Å². The minimum Gasteiger partial charge on any atom is -0.456 e. The number of halogens is 2. The minimum absolute atomic E-state index is 0.0531. The molecule has 2 heterocycles. The number of hydrogen-bond acceptors (Lipinski definition) is 8.